The quantitative estimate of drug-likeness (QED) is 0.291. The van der Waals surface area contributed by atoms with Crippen LogP contribution in [0.3, 0.4) is 0 Å². The standard InChI is InChI=1S/C23H28F2N6O4/c1-29(2)8-9-30-12-16(31(32)33)23(28-30)22-14-7-5-6-13(10-15(14)26-27-22)19-20(24)17(34-3)11-18(35-4)21(19)25/h11-13H,5-10H2,1-4H3,(H,26,27)/t13-/m1/s1. The van der Waals surface area contributed by atoms with Crippen LogP contribution in [0.1, 0.15) is 35.6 Å². The second kappa shape index (κ2) is 9.98. The summed E-state index contributed by atoms with van der Waals surface area (Å²) in [4.78, 5) is 13.2. The number of aromatic amines is 1. The lowest BCUT2D eigenvalue weighted by molar-refractivity contribution is -0.384. The Hall–Kier alpha value is -3.54. The number of nitrogens with one attached hydrogen (secondary N) is 1. The van der Waals surface area contributed by atoms with Crippen LogP contribution in [-0.2, 0) is 19.4 Å². The van der Waals surface area contributed by atoms with Crippen LogP contribution in [0.25, 0.3) is 11.4 Å². The van der Waals surface area contributed by atoms with Crippen molar-refractivity contribution in [2.45, 2.75) is 38.1 Å². The predicted molar refractivity (Wildman–Crippen MR) is 124 cm³/mol. The fraction of sp³-hybridized carbons (Fsp3) is 0.478. The summed E-state index contributed by atoms with van der Waals surface area (Å²) in [6.07, 6.45) is 3.35. The van der Waals surface area contributed by atoms with E-state index in [9.17, 15) is 10.1 Å². The van der Waals surface area contributed by atoms with Crippen LogP contribution < -0.4 is 9.47 Å². The second-order valence-corrected chi connectivity index (χ2v) is 8.83. The molecular weight excluding hydrogens is 462 g/mol. The molecule has 0 aliphatic heterocycles. The Balaban J connectivity index is 1.72. The van der Waals surface area contributed by atoms with E-state index in [4.69, 9.17) is 9.47 Å². The number of hydrogen-bond acceptors (Lipinski definition) is 7. The van der Waals surface area contributed by atoms with E-state index in [1.54, 1.807) is 4.68 Å². The highest BCUT2D eigenvalue weighted by molar-refractivity contribution is 5.69. The number of likely N-dealkylation sites (N-methyl/N-ethyl adjacent to an activating group) is 1. The third-order valence-corrected chi connectivity index (χ3v) is 6.34. The van der Waals surface area contributed by atoms with E-state index < -0.39 is 22.5 Å². The monoisotopic (exact) mass is 490 g/mol. The second-order valence-electron chi connectivity index (χ2n) is 8.83. The van der Waals surface area contributed by atoms with E-state index in [0.29, 0.717) is 43.7 Å². The van der Waals surface area contributed by atoms with Crippen molar-refractivity contribution in [3.63, 3.8) is 0 Å². The molecule has 35 heavy (non-hydrogen) atoms. The fourth-order valence-corrected chi connectivity index (χ4v) is 4.55. The number of nitro groups is 1. The Kier molecular flexibility index (Phi) is 7.01. The number of methoxy groups -OCH3 is 2. The van der Waals surface area contributed by atoms with E-state index in [1.165, 1.54) is 26.5 Å². The molecule has 0 spiro atoms. The number of H-pyrrole nitrogens is 1. The average Bonchev–Trinajstić information content (AvgIpc) is 3.36. The summed E-state index contributed by atoms with van der Waals surface area (Å²) in [5.74, 6) is -2.19. The predicted octanol–water partition coefficient (Wildman–Crippen LogP) is 3.70. The zero-order valence-corrected chi connectivity index (χ0v) is 20.1. The van der Waals surface area contributed by atoms with E-state index in [2.05, 4.69) is 15.3 Å². The molecule has 0 saturated heterocycles. The molecule has 0 amide bonds. The van der Waals surface area contributed by atoms with Crippen molar-refractivity contribution in [2.75, 3.05) is 34.9 Å². The van der Waals surface area contributed by atoms with Gasteiger partial charge in [-0.05, 0) is 45.7 Å². The molecule has 1 aliphatic rings. The molecule has 0 saturated carbocycles. The molecular formula is C23H28F2N6O4. The molecule has 0 radical (unpaired) electrons. The van der Waals surface area contributed by atoms with Gasteiger partial charge in [0.15, 0.2) is 28.8 Å². The number of hydrogen-bond donors (Lipinski definition) is 1. The largest absolute Gasteiger partial charge is 0.494 e. The Bertz CT molecular complexity index is 1210. The fourth-order valence-electron chi connectivity index (χ4n) is 4.55. The molecule has 1 N–H and O–H groups in total. The Labute approximate surface area is 201 Å². The minimum Gasteiger partial charge on any atom is -0.494 e. The van der Waals surface area contributed by atoms with Gasteiger partial charge in [-0.2, -0.15) is 10.2 Å². The zero-order valence-electron chi connectivity index (χ0n) is 20.1. The van der Waals surface area contributed by atoms with Gasteiger partial charge in [-0.1, -0.05) is 0 Å². The first-order valence-electron chi connectivity index (χ1n) is 11.3. The van der Waals surface area contributed by atoms with E-state index in [1.807, 2.05) is 19.0 Å². The summed E-state index contributed by atoms with van der Waals surface area (Å²) < 4.78 is 42.0. The van der Waals surface area contributed by atoms with Crippen molar-refractivity contribution < 1.29 is 23.2 Å². The van der Waals surface area contributed by atoms with E-state index in [-0.39, 0.29) is 34.9 Å². The molecule has 0 unspecified atom stereocenters. The van der Waals surface area contributed by atoms with E-state index >= 15 is 8.78 Å². The maximum absolute atomic E-state index is 15.1. The number of benzene rings is 1. The van der Waals surface area contributed by atoms with Crippen LogP contribution in [0.15, 0.2) is 12.3 Å². The first-order chi connectivity index (χ1) is 16.7. The molecule has 0 bridgehead atoms. The van der Waals surface area contributed by atoms with Crippen LogP contribution in [0.2, 0.25) is 0 Å². The minimum atomic E-state index is -0.755. The Morgan fingerprint density at radius 3 is 2.51 bits per heavy atom. The van der Waals surface area contributed by atoms with E-state index in [0.717, 1.165) is 5.56 Å². The summed E-state index contributed by atoms with van der Waals surface area (Å²) in [7, 11) is 6.45. The molecule has 0 fully saturated rings. The lowest BCUT2D eigenvalue weighted by Gasteiger charge is -2.19. The van der Waals surface area contributed by atoms with Crippen LogP contribution >= 0.6 is 0 Å². The highest BCUT2D eigenvalue weighted by atomic mass is 19.1. The van der Waals surface area contributed by atoms with Gasteiger partial charge in [-0.3, -0.25) is 19.9 Å². The minimum absolute atomic E-state index is 0.0908. The summed E-state index contributed by atoms with van der Waals surface area (Å²) in [5, 5.41) is 23.5. The van der Waals surface area contributed by atoms with Crippen molar-refractivity contribution in [2.24, 2.45) is 0 Å². The van der Waals surface area contributed by atoms with Gasteiger partial charge in [0.2, 0.25) is 0 Å². The summed E-state index contributed by atoms with van der Waals surface area (Å²) in [6, 6.07) is 1.19. The number of ether oxygens (including phenoxy) is 2. The van der Waals surface area contributed by atoms with Crippen molar-refractivity contribution in [1.82, 2.24) is 24.9 Å². The van der Waals surface area contributed by atoms with Crippen molar-refractivity contribution in [3.8, 4) is 22.9 Å². The molecule has 2 heterocycles. The Morgan fingerprint density at radius 1 is 1.23 bits per heavy atom. The molecule has 2 aromatic heterocycles. The lowest BCUT2D eigenvalue weighted by atomic mass is 9.90. The molecule has 10 nitrogen and oxygen atoms in total. The third kappa shape index (κ3) is 4.70. The maximum atomic E-state index is 15.1. The Morgan fingerprint density at radius 2 is 1.91 bits per heavy atom. The van der Waals surface area contributed by atoms with Gasteiger partial charge in [0.25, 0.3) is 0 Å². The number of halogens is 2. The van der Waals surface area contributed by atoms with Gasteiger partial charge in [0, 0.05) is 29.4 Å². The number of nitrogens with zero attached hydrogens (tertiary/aromatic N) is 5. The molecule has 188 valence electrons. The van der Waals surface area contributed by atoms with Crippen LogP contribution in [0, 0.1) is 21.7 Å². The van der Waals surface area contributed by atoms with Gasteiger partial charge >= 0.3 is 5.69 Å². The third-order valence-electron chi connectivity index (χ3n) is 6.34. The summed E-state index contributed by atoms with van der Waals surface area (Å²) in [6.45, 7) is 1.15. The summed E-state index contributed by atoms with van der Waals surface area (Å²) in [5.41, 5.74) is 1.83. The van der Waals surface area contributed by atoms with Gasteiger partial charge in [-0.25, -0.2) is 8.78 Å². The average molecular weight is 491 g/mol. The van der Waals surface area contributed by atoms with Crippen molar-refractivity contribution in [1.29, 1.82) is 0 Å². The smallest absolute Gasteiger partial charge is 0.316 e. The molecule has 4 rings (SSSR count). The number of rotatable bonds is 8. The van der Waals surface area contributed by atoms with Crippen LogP contribution in [0.4, 0.5) is 14.5 Å². The first-order valence-corrected chi connectivity index (χ1v) is 11.3. The topological polar surface area (TPSA) is 111 Å². The van der Waals surface area contributed by atoms with Gasteiger partial charge in [-0.15, -0.1) is 0 Å². The van der Waals surface area contributed by atoms with Crippen molar-refractivity contribution >= 4 is 5.69 Å². The zero-order chi connectivity index (χ0) is 25.3. The highest BCUT2D eigenvalue weighted by Crippen LogP contribution is 2.42. The maximum Gasteiger partial charge on any atom is 0.316 e. The van der Waals surface area contributed by atoms with Gasteiger partial charge in [0.1, 0.15) is 11.9 Å². The number of fused-ring (bicyclic) bond motifs is 1. The molecule has 3 aromatic rings. The highest BCUT2D eigenvalue weighted by Gasteiger charge is 2.32. The molecule has 1 atom stereocenters. The lowest BCUT2D eigenvalue weighted by Crippen LogP contribution is -2.18. The van der Waals surface area contributed by atoms with Crippen LogP contribution in [0.5, 0.6) is 11.5 Å². The molecule has 12 heteroatoms. The SMILES string of the molecule is COc1cc(OC)c(F)c([C@@H]2CCCc3c(-c4nn(CCN(C)C)cc4[N+](=O)[O-])n[nH]c3C2)c1F. The van der Waals surface area contributed by atoms with Gasteiger partial charge in [0.05, 0.1) is 25.7 Å². The van der Waals surface area contributed by atoms with Crippen molar-refractivity contribution in [3.05, 3.63) is 50.8 Å². The summed E-state index contributed by atoms with van der Waals surface area (Å²) >= 11 is 0. The first kappa shape index (κ1) is 24.6. The normalized spacial score (nSPS) is 15.7. The van der Waals surface area contributed by atoms with Gasteiger partial charge < -0.3 is 14.4 Å². The number of aromatic nitrogens is 4. The molecule has 1 aliphatic carbocycles. The molecule has 1 aromatic carbocycles. The van der Waals surface area contributed by atoms with Crippen LogP contribution in [-0.4, -0.2) is 64.7 Å².